The SMILES string of the molecule is O=[N+]([O-])c1cnc(N2CCN(S(=O)(=O)c3cc(Cl)ccc3Cl)CC2)nc1NC1CC1. The second-order valence-corrected chi connectivity index (χ2v) is 9.80. The van der Waals surface area contributed by atoms with Crippen molar-refractivity contribution < 1.29 is 13.3 Å². The highest BCUT2D eigenvalue weighted by Crippen LogP contribution is 2.31. The Hall–Kier alpha value is -2.21. The lowest BCUT2D eigenvalue weighted by molar-refractivity contribution is -0.384. The molecule has 2 aromatic rings. The maximum Gasteiger partial charge on any atom is 0.329 e. The van der Waals surface area contributed by atoms with E-state index in [1.54, 1.807) is 4.90 Å². The minimum atomic E-state index is -3.81. The van der Waals surface area contributed by atoms with Crippen LogP contribution in [0.3, 0.4) is 0 Å². The predicted molar refractivity (Wildman–Crippen MR) is 113 cm³/mol. The topological polar surface area (TPSA) is 122 Å². The van der Waals surface area contributed by atoms with Crippen LogP contribution in [0, 0.1) is 10.1 Å². The summed E-state index contributed by atoms with van der Waals surface area (Å²) in [5, 5.41) is 14.7. The molecule has 0 bridgehead atoms. The lowest BCUT2D eigenvalue weighted by Crippen LogP contribution is -2.49. The van der Waals surface area contributed by atoms with Gasteiger partial charge in [0.05, 0.1) is 9.95 Å². The van der Waals surface area contributed by atoms with E-state index in [0.717, 1.165) is 12.8 Å². The van der Waals surface area contributed by atoms with Gasteiger partial charge in [-0.25, -0.2) is 13.4 Å². The van der Waals surface area contributed by atoms with Gasteiger partial charge in [-0.2, -0.15) is 9.29 Å². The van der Waals surface area contributed by atoms with E-state index in [4.69, 9.17) is 23.2 Å². The summed E-state index contributed by atoms with van der Waals surface area (Å²) in [6, 6.07) is 4.50. The summed E-state index contributed by atoms with van der Waals surface area (Å²) in [6.45, 7) is 1.05. The van der Waals surface area contributed by atoms with Gasteiger partial charge in [-0.15, -0.1) is 0 Å². The number of nitro groups is 1. The van der Waals surface area contributed by atoms with Crippen LogP contribution >= 0.6 is 23.2 Å². The fourth-order valence-electron chi connectivity index (χ4n) is 3.12. The summed E-state index contributed by atoms with van der Waals surface area (Å²) in [7, 11) is -3.81. The second-order valence-electron chi connectivity index (χ2n) is 7.05. The van der Waals surface area contributed by atoms with E-state index in [9.17, 15) is 18.5 Å². The Morgan fingerprint density at radius 2 is 1.87 bits per heavy atom. The van der Waals surface area contributed by atoms with Gasteiger partial charge in [-0.1, -0.05) is 23.2 Å². The third kappa shape index (κ3) is 4.29. The lowest BCUT2D eigenvalue weighted by atomic mass is 10.4. The van der Waals surface area contributed by atoms with Gasteiger partial charge in [0.2, 0.25) is 21.8 Å². The third-order valence-electron chi connectivity index (χ3n) is 4.90. The number of nitrogens with zero attached hydrogens (tertiary/aromatic N) is 5. The highest BCUT2D eigenvalue weighted by atomic mass is 35.5. The summed E-state index contributed by atoms with van der Waals surface area (Å²) < 4.78 is 27.2. The van der Waals surface area contributed by atoms with Gasteiger partial charge in [0.1, 0.15) is 11.1 Å². The number of halogens is 2. The van der Waals surface area contributed by atoms with Crippen molar-refractivity contribution in [3.63, 3.8) is 0 Å². The quantitative estimate of drug-likeness (QED) is 0.502. The molecule has 1 aliphatic heterocycles. The lowest BCUT2D eigenvalue weighted by Gasteiger charge is -2.34. The Morgan fingerprint density at radius 1 is 1.17 bits per heavy atom. The van der Waals surface area contributed by atoms with Gasteiger partial charge in [0.15, 0.2) is 0 Å². The molecule has 1 aromatic heterocycles. The molecule has 0 amide bonds. The van der Waals surface area contributed by atoms with Gasteiger partial charge in [-0.05, 0) is 31.0 Å². The Bertz CT molecular complexity index is 1090. The van der Waals surface area contributed by atoms with Gasteiger partial charge >= 0.3 is 5.69 Å². The summed E-state index contributed by atoms with van der Waals surface area (Å²) in [5.74, 6) is 0.509. The van der Waals surface area contributed by atoms with E-state index in [0.29, 0.717) is 19.0 Å². The molecule has 1 N–H and O–H groups in total. The normalized spacial score (nSPS) is 17.7. The molecule has 13 heteroatoms. The Kier molecular flexibility index (Phi) is 5.71. The molecule has 2 fully saturated rings. The van der Waals surface area contributed by atoms with Crippen molar-refractivity contribution in [1.82, 2.24) is 14.3 Å². The van der Waals surface area contributed by atoms with E-state index < -0.39 is 14.9 Å². The number of hydrogen-bond donors (Lipinski definition) is 1. The van der Waals surface area contributed by atoms with Crippen LogP contribution < -0.4 is 10.2 Å². The van der Waals surface area contributed by atoms with Crippen molar-refractivity contribution in [1.29, 1.82) is 0 Å². The third-order valence-corrected chi connectivity index (χ3v) is 7.52. The van der Waals surface area contributed by atoms with Crippen LogP contribution in [-0.2, 0) is 10.0 Å². The number of benzene rings is 1. The van der Waals surface area contributed by atoms with Crippen LogP contribution in [0.2, 0.25) is 10.0 Å². The van der Waals surface area contributed by atoms with E-state index in [-0.39, 0.29) is 45.6 Å². The zero-order chi connectivity index (χ0) is 21.5. The zero-order valence-corrected chi connectivity index (χ0v) is 18.0. The second kappa shape index (κ2) is 8.14. The van der Waals surface area contributed by atoms with E-state index in [1.165, 1.54) is 28.7 Å². The van der Waals surface area contributed by atoms with Crippen LogP contribution in [0.25, 0.3) is 0 Å². The maximum absolute atomic E-state index is 13.0. The molecule has 1 saturated carbocycles. The van der Waals surface area contributed by atoms with Crippen molar-refractivity contribution in [2.24, 2.45) is 0 Å². The van der Waals surface area contributed by atoms with Crippen molar-refractivity contribution in [2.45, 2.75) is 23.8 Å². The zero-order valence-electron chi connectivity index (χ0n) is 15.7. The average Bonchev–Trinajstić information content (AvgIpc) is 3.53. The van der Waals surface area contributed by atoms with Gasteiger partial charge in [0.25, 0.3) is 0 Å². The molecule has 160 valence electrons. The van der Waals surface area contributed by atoms with Crippen LogP contribution in [-0.4, -0.2) is 59.8 Å². The Morgan fingerprint density at radius 3 is 2.50 bits per heavy atom. The highest BCUT2D eigenvalue weighted by molar-refractivity contribution is 7.89. The van der Waals surface area contributed by atoms with Crippen molar-refractivity contribution in [3.05, 3.63) is 44.6 Å². The first kappa shape index (κ1) is 21.0. The molecule has 1 saturated heterocycles. The molecule has 10 nitrogen and oxygen atoms in total. The first-order valence-electron chi connectivity index (χ1n) is 9.24. The minimum Gasteiger partial charge on any atom is -0.361 e. The Balaban J connectivity index is 1.50. The summed E-state index contributed by atoms with van der Waals surface area (Å²) >= 11 is 12.0. The first-order valence-corrected chi connectivity index (χ1v) is 11.4. The minimum absolute atomic E-state index is 0.0346. The highest BCUT2D eigenvalue weighted by Gasteiger charge is 2.32. The predicted octanol–water partition coefficient (Wildman–Crippen LogP) is 2.78. The number of piperazine rings is 1. The summed E-state index contributed by atoms with van der Waals surface area (Å²) in [6.07, 6.45) is 3.07. The Labute approximate surface area is 183 Å². The summed E-state index contributed by atoms with van der Waals surface area (Å²) in [5.41, 5.74) is -0.178. The number of aromatic nitrogens is 2. The fourth-order valence-corrected chi connectivity index (χ4v) is 5.28. The molecule has 0 radical (unpaired) electrons. The molecule has 1 aromatic carbocycles. The molecule has 0 unspecified atom stereocenters. The van der Waals surface area contributed by atoms with Gasteiger partial charge in [-0.3, -0.25) is 10.1 Å². The maximum atomic E-state index is 13.0. The number of hydrogen-bond acceptors (Lipinski definition) is 8. The molecular formula is C17H18Cl2N6O4S. The van der Waals surface area contributed by atoms with E-state index >= 15 is 0 Å². The molecule has 30 heavy (non-hydrogen) atoms. The number of nitrogens with one attached hydrogen (secondary N) is 1. The summed E-state index contributed by atoms with van der Waals surface area (Å²) in [4.78, 5) is 20.9. The van der Waals surface area contributed by atoms with Crippen LogP contribution in [0.1, 0.15) is 12.8 Å². The first-order chi connectivity index (χ1) is 14.3. The molecular weight excluding hydrogens is 455 g/mol. The van der Waals surface area contributed by atoms with Crippen LogP contribution in [0.15, 0.2) is 29.3 Å². The van der Waals surface area contributed by atoms with Gasteiger partial charge < -0.3 is 10.2 Å². The van der Waals surface area contributed by atoms with Crippen molar-refractivity contribution in [3.8, 4) is 0 Å². The number of anilines is 2. The number of sulfonamides is 1. The standard InChI is InChI=1S/C17H18Cl2N6O4S/c18-11-1-4-13(19)15(9-11)30(28,29)24-7-5-23(6-8-24)17-20-10-14(25(26)27)16(22-17)21-12-2-3-12/h1,4,9-10,12H,2-3,5-8H2,(H,20,21,22). The molecule has 1 aliphatic carbocycles. The van der Waals surface area contributed by atoms with Crippen molar-refractivity contribution >= 4 is 50.7 Å². The number of rotatable bonds is 6. The average molecular weight is 473 g/mol. The molecule has 2 aliphatic rings. The molecule has 0 atom stereocenters. The monoisotopic (exact) mass is 472 g/mol. The molecule has 0 spiro atoms. The fraction of sp³-hybridized carbons (Fsp3) is 0.412. The van der Waals surface area contributed by atoms with Gasteiger partial charge in [0, 0.05) is 37.2 Å². The van der Waals surface area contributed by atoms with E-state index in [2.05, 4.69) is 15.3 Å². The smallest absolute Gasteiger partial charge is 0.329 e. The molecule has 4 rings (SSSR count). The van der Waals surface area contributed by atoms with Crippen LogP contribution in [0.5, 0.6) is 0 Å². The van der Waals surface area contributed by atoms with Crippen molar-refractivity contribution in [2.75, 3.05) is 36.4 Å². The van der Waals surface area contributed by atoms with E-state index in [1.807, 2.05) is 0 Å². The van der Waals surface area contributed by atoms with Crippen LogP contribution in [0.4, 0.5) is 17.5 Å². The largest absolute Gasteiger partial charge is 0.361 e. The molecule has 2 heterocycles.